The van der Waals surface area contributed by atoms with Crippen LogP contribution >= 0.6 is 0 Å². The maximum Gasteiger partial charge on any atom is 0.252 e. The van der Waals surface area contributed by atoms with Crippen molar-refractivity contribution in [3.8, 4) is 17.2 Å². The molecular formula is C41H44N4O13. The summed E-state index contributed by atoms with van der Waals surface area (Å²) in [6, 6.07) is 4.50. The van der Waals surface area contributed by atoms with E-state index in [9.17, 15) is 49.2 Å². The van der Waals surface area contributed by atoms with Crippen LogP contribution in [0.3, 0.4) is 0 Å². The number of ether oxygens (including phenoxy) is 3. The second-order valence-electron chi connectivity index (χ2n) is 15.2. The van der Waals surface area contributed by atoms with Crippen molar-refractivity contribution in [1.82, 2.24) is 20.5 Å². The van der Waals surface area contributed by atoms with E-state index in [0.717, 1.165) is 6.92 Å². The normalized spacial score (nSPS) is 26.8. The van der Waals surface area contributed by atoms with E-state index >= 15 is 0 Å². The van der Waals surface area contributed by atoms with Crippen LogP contribution in [0.2, 0.25) is 0 Å². The average Bonchev–Trinajstić information content (AvgIpc) is 3.70. The molecule has 2 aliphatic heterocycles. The van der Waals surface area contributed by atoms with Crippen molar-refractivity contribution < 1.29 is 63.4 Å². The number of aromatic hydroxyl groups is 2. The number of amides is 3. The lowest BCUT2D eigenvalue weighted by Gasteiger charge is -2.43. The van der Waals surface area contributed by atoms with E-state index < -0.39 is 119 Å². The zero-order valence-electron chi connectivity index (χ0n) is 32.2. The van der Waals surface area contributed by atoms with Crippen molar-refractivity contribution >= 4 is 35.1 Å². The van der Waals surface area contributed by atoms with Gasteiger partial charge in [-0.3, -0.25) is 33.8 Å². The van der Waals surface area contributed by atoms with Crippen LogP contribution in [-0.2, 0) is 30.3 Å². The summed E-state index contributed by atoms with van der Waals surface area (Å²) < 4.78 is 17.6. The fraction of sp³-hybridized carbons (Fsp3) is 0.439. The molecule has 0 bridgehead atoms. The van der Waals surface area contributed by atoms with E-state index in [1.54, 1.807) is 0 Å². The summed E-state index contributed by atoms with van der Waals surface area (Å²) >= 11 is 0. The van der Waals surface area contributed by atoms with Crippen molar-refractivity contribution in [2.75, 3.05) is 13.7 Å². The highest BCUT2D eigenvalue weighted by molar-refractivity contribution is 6.31. The Bertz CT molecular complexity index is 2210. The minimum atomic E-state index is -2.14. The van der Waals surface area contributed by atoms with Gasteiger partial charge >= 0.3 is 0 Å². The molecule has 0 saturated carbocycles. The molecule has 3 aromatic rings. The standard InChI is InChI=1S/C41H44N4O13/c1-18(43-38(52)21-10-12-42-13-11-21)40(54)45-14-6-8-25(45)39(53)44-24-15-28(57-19(2)33(24)47)58-27-17-41(55,20(3)46)16-23-30(27)37(51)32-31(35(23)49)34(48)22-7-5-9-26(56-4)29(22)36(32)50/h5,7,9-13,18-19,24-25,27-28,33,47,49,51,55H,6,8,14-17H2,1-4H3,(H,43,52)(H,44,53)/t18-,19+,24+,25+,27+,28+,33-,41+/m1/s1. The van der Waals surface area contributed by atoms with Crippen LogP contribution in [0.25, 0.3) is 0 Å². The van der Waals surface area contributed by atoms with Crippen LogP contribution in [0.15, 0.2) is 42.7 Å². The van der Waals surface area contributed by atoms with E-state index in [-0.39, 0.29) is 41.0 Å². The van der Waals surface area contributed by atoms with Crippen LogP contribution in [0.5, 0.6) is 17.2 Å². The Balaban J connectivity index is 1.13. The number of rotatable bonds is 9. The van der Waals surface area contributed by atoms with Crippen molar-refractivity contribution in [3.63, 3.8) is 0 Å². The highest BCUT2D eigenvalue weighted by Crippen LogP contribution is 2.52. The fourth-order valence-corrected chi connectivity index (χ4v) is 8.44. The summed E-state index contributed by atoms with van der Waals surface area (Å²) in [7, 11) is 1.31. The lowest BCUT2D eigenvalue weighted by Crippen LogP contribution is -2.59. The van der Waals surface area contributed by atoms with Gasteiger partial charge in [0.25, 0.3) is 5.91 Å². The van der Waals surface area contributed by atoms with E-state index in [1.807, 2.05) is 0 Å². The molecule has 17 nitrogen and oxygen atoms in total. The molecule has 8 atom stereocenters. The third-order valence-corrected chi connectivity index (χ3v) is 11.6. The molecular weight excluding hydrogens is 756 g/mol. The second kappa shape index (κ2) is 15.5. The largest absolute Gasteiger partial charge is 0.507 e. The number of nitrogens with one attached hydrogen (secondary N) is 2. The van der Waals surface area contributed by atoms with Gasteiger partial charge in [0.1, 0.15) is 41.0 Å². The molecule has 3 amide bonds. The Labute approximate surface area is 332 Å². The lowest BCUT2D eigenvalue weighted by molar-refractivity contribution is -0.249. The van der Waals surface area contributed by atoms with E-state index in [1.165, 1.54) is 68.6 Å². The predicted molar refractivity (Wildman–Crippen MR) is 200 cm³/mol. The number of aliphatic hydroxyl groups excluding tert-OH is 1. The molecule has 6 N–H and O–H groups in total. The van der Waals surface area contributed by atoms with Crippen molar-refractivity contribution in [2.45, 2.75) is 101 Å². The molecule has 2 aromatic carbocycles. The van der Waals surface area contributed by atoms with Crippen LogP contribution in [0, 0.1) is 0 Å². The maximum atomic E-state index is 14.0. The first-order chi connectivity index (χ1) is 27.6. The predicted octanol–water partition coefficient (Wildman–Crippen LogP) is 1.39. The van der Waals surface area contributed by atoms with Crippen LogP contribution in [0.1, 0.15) is 106 Å². The summed E-state index contributed by atoms with van der Waals surface area (Å²) in [6.07, 6.45) is -2.26. The number of phenolic OH excluding ortho intramolecular Hbond substituents is 2. The highest BCUT2D eigenvalue weighted by Gasteiger charge is 2.50. The second-order valence-corrected chi connectivity index (χ2v) is 15.2. The Morgan fingerprint density at radius 1 is 1.03 bits per heavy atom. The number of fused-ring (bicyclic) bond motifs is 3. The Morgan fingerprint density at radius 3 is 2.43 bits per heavy atom. The van der Waals surface area contributed by atoms with E-state index in [0.29, 0.717) is 18.4 Å². The number of carbonyl (C=O) groups excluding carboxylic acids is 6. The number of likely N-dealkylation sites (tertiary alicyclic amines) is 1. The number of methoxy groups -OCH3 is 1. The first-order valence-electron chi connectivity index (χ1n) is 19.0. The SMILES string of the molecule is COc1cccc2c1C(=O)c1c(O)c3c(c(O)c1C2=O)C[C@@](O)(C(C)=O)C[C@@H]3O[C@H]1C[C@H](NC(=O)[C@@H]2CCCN2C(=O)[C@@H](C)NC(=O)c2ccncc2)[C@H](O)[C@H](C)O1. The molecule has 7 rings (SSSR count). The first kappa shape index (κ1) is 40.4. The molecule has 0 spiro atoms. The lowest BCUT2D eigenvalue weighted by atomic mass is 9.72. The number of hydrogen-bond acceptors (Lipinski definition) is 14. The topological polar surface area (TPSA) is 251 Å². The number of carbonyl (C=O) groups is 6. The summed E-state index contributed by atoms with van der Waals surface area (Å²) in [5.41, 5.74) is -3.32. The minimum Gasteiger partial charge on any atom is -0.507 e. The summed E-state index contributed by atoms with van der Waals surface area (Å²) in [4.78, 5) is 85.9. The molecule has 2 aliphatic carbocycles. The quantitative estimate of drug-likeness (QED) is 0.131. The molecule has 3 heterocycles. The zero-order valence-corrected chi connectivity index (χ0v) is 32.2. The molecule has 1 aromatic heterocycles. The smallest absolute Gasteiger partial charge is 0.252 e. The number of nitrogens with zero attached hydrogens (tertiary/aromatic N) is 2. The van der Waals surface area contributed by atoms with Gasteiger partial charge in [-0.1, -0.05) is 12.1 Å². The van der Waals surface area contributed by atoms with Gasteiger partial charge in [0.05, 0.1) is 42.0 Å². The van der Waals surface area contributed by atoms with Gasteiger partial charge in [-0.2, -0.15) is 0 Å². The molecule has 0 unspecified atom stereocenters. The van der Waals surface area contributed by atoms with Crippen LogP contribution in [0.4, 0.5) is 0 Å². The Hall–Kier alpha value is -5.75. The molecule has 2 fully saturated rings. The van der Waals surface area contributed by atoms with Gasteiger partial charge in [0.15, 0.2) is 17.9 Å². The number of benzene rings is 2. The molecule has 306 valence electrons. The van der Waals surface area contributed by atoms with E-state index in [4.69, 9.17) is 14.2 Å². The van der Waals surface area contributed by atoms with Crippen molar-refractivity contribution in [2.24, 2.45) is 0 Å². The van der Waals surface area contributed by atoms with Gasteiger partial charge < -0.3 is 50.2 Å². The molecule has 17 heteroatoms. The van der Waals surface area contributed by atoms with Gasteiger partial charge in [-0.25, -0.2) is 0 Å². The summed E-state index contributed by atoms with van der Waals surface area (Å²) in [5, 5.41) is 51.7. The third-order valence-electron chi connectivity index (χ3n) is 11.6. The Morgan fingerprint density at radius 2 is 1.74 bits per heavy atom. The Kier molecular flexibility index (Phi) is 10.8. The van der Waals surface area contributed by atoms with Gasteiger partial charge in [-0.05, 0) is 51.8 Å². The number of aromatic nitrogens is 1. The van der Waals surface area contributed by atoms with Gasteiger partial charge in [0.2, 0.25) is 17.6 Å². The number of hydrogen-bond donors (Lipinski definition) is 6. The maximum absolute atomic E-state index is 14.0. The molecule has 0 radical (unpaired) electrons. The third kappa shape index (κ3) is 6.97. The van der Waals surface area contributed by atoms with Gasteiger partial charge in [0, 0.05) is 60.5 Å². The number of Topliss-reactive ketones (excluding diaryl/α,β-unsaturated/α-hetero) is 1. The van der Waals surface area contributed by atoms with E-state index in [2.05, 4.69) is 15.6 Å². The average molecular weight is 801 g/mol. The summed E-state index contributed by atoms with van der Waals surface area (Å²) in [6.45, 7) is 4.46. The fourth-order valence-electron chi connectivity index (χ4n) is 8.44. The molecule has 58 heavy (non-hydrogen) atoms. The number of phenols is 2. The number of ketones is 3. The molecule has 2 saturated heterocycles. The first-order valence-corrected chi connectivity index (χ1v) is 19.0. The molecule has 4 aliphatic rings. The minimum absolute atomic E-state index is 0.0689. The van der Waals surface area contributed by atoms with Crippen LogP contribution < -0.4 is 15.4 Å². The van der Waals surface area contributed by atoms with Gasteiger partial charge in [-0.15, -0.1) is 0 Å². The van der Waals surface area contributed by atoms with Crippen LogP contribution in [-0.4, -0.2) is 121 Å². The summed E-state index contributed by atoms with van der Waals surface area (Å²) in [5.74, 6) is -5.12. The number of aliphatic hydroxyl groups is 2. The highest BCUT2D eigenvalue weighted by atomic mass is 16.7. The monoisotopic (exact) mass is 800 g/mol. The van der Waals surface area contributed by atoms with Crippen molar-refractivity contribution in [1.29, 1.82) is 0 Å². The zero-order chi connectivity index (χ0) is 41.8. The van der Waals surface area contributed by atoms with Crippen molar-refractivity contribution in [3.05, 3.63) is 81.7 Å². The number of pyridine rings is 1.